The van der Waals surface area contributed by atoms with Crippen LogP contribution in [0.1, 0.15) is 30.2 Å². The summed E-state index contributed by atoms with van der Waals surface area (Å²) >= 11 is 0. The number of aryl methyl sites for hydroxylation is 1. The average Bonchev–Trinajstić information content (AvgIpc) is 2.03. The predicted molar refractivity (Wildman–Crippen MR) is 44.2 cm³/mol. The number of ketones is 1. The fourth-order valence-corrected chi connectivity index (χ4v) is 0.856. The van der Waals surface area contributed by atoms with E-state index in [-0.39, 0.29) is 17.0 Å². The van der Waals surface area contributed by atoms with E-state index in [2.05, 4.69) is 9.97 Å². The fraction of sp³-hybridized carbons (Fsp3) is 0.375. The van der Waals surface area contributed by atoms with E-state index < -0.39 is 0 Å². The molecule has 1 aromatic rings. The molecule has 4 heteroatoms. The minimum atomic E-state index is -0.271. The van der Waals surface area contributed by atoms with Gasteiger partial charge < -0.3 is 4.98 Å². The minimum Gasteiger partial charge on any atom is -0.311 e. The maximum Gasteiger partial charge on any atom is 0.251 e. The molecule has 0 spiro atoms. The average molecular weight is 166 g/mol. The Hall–Kier alpha value is -1.45. The standard InChI is InChI=1S/C8H10N2O2/c1-3-7-9-6(5(2)11)4-8(12)10-7/h4H,3H2,1-2H3,(H,9,10,12). The van der Waals surface area contributed by atoms with Gasteiger partial charge >= 0.3 is 0 Å². The van der Waals surface area contributed by atoms with Crippen molar-refractivity contribution in [2.75, 3.05) is 0 Å². The summed E-state index contributed by atoms with van der Waals surface area (Å²) in [6.45, 7) is 3.25. The van der Waals surface area contributed by atoms with Gasteiger partial charge in [0.15, 0.2) is 5.78 Å². The number of aromatic amines is 1. The number of aromatic nitrogens is 2. The molecule has 0 unspecified atom stereocenters. The minimum absolute atomic E-state index is 0.184. The topological polar surface area (TPSA) is 62.8 Å². The number of hydrogen-bond donors (Lipinski definition) is 1. The first-order valence-corrected chi connectivity index (χ1v) is 3.74. The van der Waals surface area contributed by atoms with E-state index in [1.807, 2.05) is 6.92 Å². The van der Waals surface area contributed by atoms with E-state index in [4.69, 9.17) is 0 Å². The number of nitrogens with one attached hydrogen (secondary N) is 1. The lowest BCUT2D eigenvalue weighted by Gasteiger charge is -1.97. The summed E-state index contributed by atoms with van der Waals surface area (Å²) in [6.07, 6.45) is 0.621. The van der Waals surface area contributed by atoms with Crippen LogP contribution in [0.5, 0.6) is 0 Å². The molecule has 1 aromatic heterocycles. The second kappa shape index (κ2) is 3.30. The molecule has 0 aliphatic carbocycles. The number of carbonyl (C=O) groups excluding carboxylic acids is 1. The second-order valence-corrected chi connectivity index (χ2v) is 2.49. The lowest BCUT2D eigenvalue weighted by atomic mass is 10.3. The van der Waals surface area contributed by atoms with Gasteiger partial charge in [-0.1, -0.05) is 6.92 Å². The zero-order valence-corrected chi connectivity index (χ0v) is 7.05. The van der Waals surface area contributed by atoms with Crippen LogP contribution in [0.25, 0.3) is 0 Å². The van der Waals surface area contributed by atoms with Crippen molar-refractivity contribution in [2.24, 2.45) is 0 Å². The van der Waals surface area contributed by atoms with Crippen LogP contribution < -0.4 is 5.56 Å². The van der Waals surface area contributed by atoms with E-state index in [0.717, 1.165) is 0 Å². The number of rotatable bonds is 2. The molecule has 0 aromatic carbocycles. The number of Topliss-reactive ketones (excluding diaryl/α,β-unsaturated/α-hetero) is 1. The molecule has 0 fully saturated rings. The maximum atomic E-state index is 10.9. The third-order valence-corrected chi connectivity index (χ3v) is 1.49. The van der Waals surface area contributed by atoms with E-state index in [0.29, 0.717) is 12.2 Å². The molecule has 64 valence electrons. The van der Waals surface area contributed by atoms with Crippen LogP contribution in [-0.2, 0) is 6.42 Å². The summed E-state index contributed by atoms with van der Waals surface area (Å²) in [5, 5.41) is 0. The third kappa shape index (κ3) is 1.78. The number of carbonyl (C=O) groups is 1. The summed E-state index contributed by atoms with van der Waals surface area (Å²) < 4.78 is 0. The van der Waals surface area contributed by atoms with E-state index in [9.17, 15) is 9.59 Å². The molecule has 0 aliphatic rings. The van der Waals surface area contributed by atoms with Crippen molar-refractivity contribution in [1.29, 1.82) is 0 Å². The summed E-state index contributed by atoms with van der Waals surface area (Å²) in [5.41, 5.74) is -0.0392. The maximum absolute atomic E-state index is 10.9. The van der Waals surface area contributed by atoms with Crippen LogP contribution in [0, 0.1) is 0 Å². The fourth-order valence-electron chi connectivity index (χ4n) is 0.856. The van der Waals surface area contributed by atoms with E-state index in [1.165, 1.54) is 13.0 Å². The van der Waals surface area contributed by atoms with Gasteiger partial charge in [0, 0.05) is 19.4 Å². The summed E-state index contributed by atoms with van der Waals surface area (Å²) in [6, 6.07) is 1.21. The normalized spacial score (nSPS) is 9.83. The highest BCUT2D eigenvalue weighted by Gasteiger charge is 2.03. The molecular weight excluding hydrogens is 156 g/mol. The highest BCUT2D eigenvalue weighted by molar-refractivity contribution is 5.91. The van der Waals surface area contributed by atoms with Crippen molar-refractivity contribution in [1.82, 2.24) is 9.97 Å². The summed E-state index contributed by atoms with van der Waals surface area (Å²) in [4.78, 5) is 28.3. The Kier molecular flexibility index (Phi) is 2.38. The molecule has 1 rings (SSSR count). The lowest BCUT2D eigenvalue weighted by Crippen LogP contribution is -2.14. The molecule has 0 saturated carbocycles. The summed E-state index contributed by atoms with van der Waals surface area (Å²) in [7, 11) is 0. The quantitative estimate of drug-likeness (QED) is 0.652. The molecule has 0 bridgehead atoms. The SMILES string of the molecule is CCc1nc(C(C)=O)cc(=O)[nH]1. The van der Waals surface area contributed by atoms with Crippen molar-refractivity contribution >= 4 is 5.78 Å². The zero-order chi connectivity index (χ0) is 9.14. The van der Waals surface area contributed by atoms with Gasteiger partial charge in [0.2, 0.25) is 0 Å². The van der Waals surface area contributed by atoms with Crippen LogP contribution in [0.4, 0.5) is 0 Å². The van der Waals surface area contributed by atoms with Gasteiger partial charge in [-0.25, -0.2) is 4.98 Å². The number of H-pyrrole nitrogens is 1. The number of hydrogen-bond acceptors (Lipinski definition) is 3. The predicted octanol–water partition coefficient (Wildman–Crippen LogP) is 0.535. The van der Waals surface area contributed by atoms with E-state index >= 15 is 0 Å². The largest absolute Gasteiger partial charge is 0.311 e. The van der Waals surface area contributed by atoms with Crippen LogP contribution in [0.15, 0.2) is 10.9 Å². The zero-order valence-electron chi connectivity index (χ0n) is 7.05. The van der Waals surface area contributed by atoms with Crippen LogP contribution in [-0.4, -0.2) is 15.8 Å². The Morgan fingerprint density at radius 2 is 2.33 bits per heavy atom. The smallest absolute Gasteiger partial charge is 0.251 e. The third-order valence-electron chi connectivity index (χ3n) is 1.49. The highest BCUT2D eigenvalue weighted by Crippen LogP contribution is 1.93. The molecule has 1 heterocycles. The van der Waals surface area contributed by atoms with Gasteiger partial charge in [-0.15, -0.1) is 0 Å². The highest BCUT2D eigenvalue weighted by atomic mass is 16.1. The molecule has 4 nitrogen and oxygen atoms in total. The Labute approximate surface area is 69.7 Å². The van der Waals surface area contributed by atoms with Gasteiger partial charge in [0.05, 0.1) is 0 Å². The van der Waals surface area contributed by atoms with Crippen LogP contribution in [0.2, 0.25) is 0 Å². The molecule has 0 radical (unpaired) electrons. The van der Waals surface area contributed by atoms with Gasteiger partial charge in [0.25, 0.3) is 5.56 Å². The van der Waals surface area contributed by atoms with Crippen LogP contribution >= 0.6 is 0 Å². The van der Waals surface area contributed by atoms with E-state index in [1.54, 1.807) is 0 Å². The summed E-state index contributed by atoms with van der Waals surface area (Å²) in [5.74, 6) is 0.364. The Morgan fingerprint density at radius 3 is 2.83 bits per heavy atom. The first-order chi connectivity index (χ1) is 5.63. The molecule has 0 aliphatic heterocycles. The van der Waals surface area contributed by atoms with Crippen molar-refractivity contribution in [3.8, 4) is 0 Å². The second-order valence-electron chi connectivity index (χ2n) is 2.49. The van der Waals surface area contributed by atoms with Crippen LogP contribution in [0.3, 0.4) is 0 Å². The monoisotopic (exact) mass is 166 g/mol. The van der Waals surface area contributed by atoms with Crippen molar-refractivity contribution in [3.63, 3.8) is 0 Å². The van der Waals surface area contributed by atoms with Gasteiger partial charge in [-0.3, -0.25) is 9.59 Å². The number of nitrogens with zero attached hydrogens (tertiary/aromatic N) is 1. The van der Waals surface area contributed by atoms with Gasteiger partial charge in [-0.05, 0) is 0 Å². The Bertz CT molecular complexity index is 354. The molecule has 0 amide bonds. The molecular formula is C8H10N2O2. The molecule has 12 heavy (non-hydrogen) atoms. The molecule has 1 N–H and O–H groups in total. The van der Waals surface area contributed by atoms with Gasteiger partial charge in [-0.2, -0.15) is 0 Å². The first-order valence-electron chi connectivity index (χ1n) is 3.74. The van der Waals surface area contributed by atoms with Crippen molar-refractivity contribution in [3.05, 3.63) is 27.9 Å². The van der Waals surface area contributed by atoms with Crippen molar-refractivity contribution in [2.45, 2.75) is 20.3 Å². The Balaban J connectivity index is 3.24. The molecule has 0 saturated heterocycles. The first kappa shape index (κ1) is 8.64. The van der Waals surface area contributed by atoms with Crippen molar-refractivity contribution < 1.29 is 4.79 Å². The molecule has 0 atom stereocenters. The van der Waals surface area contributed by atoms with Gasteiger partial charge in [0.1, 0.15) is 11.5 Å². The lowest BCUT2D eigenvalue weighted by molar-refractivity contribution is 0.101. The Morgan fingerprint density at radius 1 is 1.67 bits per heavy atom.